The number of thioether (sulfide) groups is 1. The van der Waals surface area contributed by atoms with Gasteiger partial charge < -0.3 is 9.88 Å². The third-order valence-corrected chi connectivity index (χ3v) is 12.7. The maximum Gasteiger partial charge on any atom is 0.209 e. The highest BCUT2D eigenvalue weighted by molar-refractivity contribution is 8.12. The molecule has 0 spiro atoms. The molecule has 10 aromatic rings. The van der Waals surface area contributed by atoms with Gasteiger partial charge in [-0.2, -0.15) is 0 Å². The minimum Gasteiger partial charge on any atom is -0.344 e. The number of benzene rings is 7. The summed E-state index contributed by atoms with van der Waals surface area (Å²) in [5, 5.41) is 11.2. The molecular formula is C51H33N5S. The molecule has 5 nitrogen and oxygen atoms in total. The van der Waals surface area contributed by atoms with Crippen molar-refractivity contribution in [3.63, 3.8) is 0 Å². The van der Waals surface area contributed by atoms with Crippen molar-refractivity contribution in [1.29, 1.82) is 0 Å². The fourth-order valence-corrected chi connectivity index (χ4v) is 10.1. The van der Waals surface area contributed by atoms with Gasteiger partial charge >= 0.3 is 0 Å². The Kier molecular flexibility index (Phi) is 7.16. The molecule has 0 saturated carbocycles. The van der Waals surface area contributed by atoms with Crippen molar-refractivity contribution in [2.24, 2.45) is 4.99 Å². The van der Waals surface area contributed by atoms with Crippen LogP contribution in [0.25, 0.3) is 81.8 Å². The minimum atomic E-state index is -0.0348. The van der Waals surface area contributed by atoms with Gasteiger partial charge in [0.15, 0.2) is 0 Å². The van der Waals surface area contributed by atoms with Gasteiger partial charge in [0.1, 0.15) is 0 Å². The maximum atomic E-state index is 5.52. The zero-order valence-corrected chi connectivity index (χ0v) is 31.5. The van der Waals surface area contributed by atoms with E-state index in [1.807, 2.05) is 12.4 Å². The average Bonchev–Trinajstić information content (AvgIpc) is 3.97. The lowest BCUT2D eigenvalue weighted by molar-refractivity contribution is 0.835. The van der Waals surface area contributed by atoms with Crippen molar-refractivity contribution in [2.75, 3.05) is 0 Å². The molecule has 57 heavy (non-hydrogen) atoms. The highest BCUT2D eigenvalue weighted by atomic mass is 32.2. The standard InChI is InChI=1S/C51H33N5S/c1-3-12-34(13-4-1)48-50-43(31-47(57-50)33-25-27-52-28-26-33)53-51(54-48)56-46-24-21-36(30-42(46)40-22-19-32-11-7-8-16-38(32)49(40)56)35-20-23-45-41(29-35)39-17-9-10-18-44(39)55(45)37-14-5-2-6-15-37/h1-31,43H,(H,53,54). The zero-order valence-electron chi connectivity index (χ0n) is 30.7. The van der Waals surface area contributed by atoms with Crippen LogP contribution in [0, 0.1) is 0 Å². The van der Waals surface area contributed by atoms with Crippen molar-refractivity contribution >= 4 is 82.7 Å². The molecule has 0 amide bonds. The van der Waals surface area contributed by atoms with E-state index in [1.165, 1.54) is 64.3 Å². The molecule has 0 fully saturated rings. The largest absolute Gasteiger partial charge is 0.344 e. The third kappa shape index (κ3) is 5.04. The second-order valence-electron chi connectivity index (χ2n) is 14.7. The van der Waals surface area contributed by atoms with Crippen LogP contribution in [0.15, 0.2) is 198 Å². The molecule has 7 aromatic carbocycles. The summed E-state index contributed by atoms with van der Waals surface area (Å²) in [5.41, 5.74) is 11.4. The van der Waals surface area contributed by atoms with E-state index >= 15 is 0 Å². The van der Waals surface area contributed by atoms with Crippen LogP contribution in [-0.2, 0) is 0 Å². The lowest BCUT2D eigenvalue weighted by Crippen LogP contribution is -2.40. The van der Waals surface area contributed by atoms with E-state index in [9.17, 15) is 0 Å². The summed E-state index contributed by atoms with van der Waals surface area (Å²) < 4.78 is 4.73. The number of nitrogens with zero attached hydrogens (tertiary/aromatic N) is 4. The van der Waals surface area contributed by atoms with Gasteiger partial charge in [0.05, 0.1) is 33.8 Å². The number of hydrogen-bond acceptors (Lipinski definition) is 4. The normalized spacial score (nSPS) is 15.4. The van der Waals surface area contributed by atoms with Crippen LogP contribution in [-0.4, -0.2) is 26.1 Å². The predicted octanol–water partition coefficient (Wildman–Crippen LogP) is 12.4. The number of fused-ring (bicyclic) bond motifs is 9. The summed E-state index contributed by atoms with van der Waals surface area (Å²) >= 11 is 1.79. The zero-order chi connectivity index (χ0) is 37.5. The predicted molar refractivity (Wildman–Crippen MR) is 240 cm³/mol. The van der Waals surface area contributed by atoms with Gasteiger partial charge in [-0.3, -0.25) is 9.55 Å². The number of aromatic nitrogens is 3. The molecule has 1 atom stereocenters. The van der Waals surface area contributed by atoms with Crippen molar-refractivity contribution in [1.82, 2.24) is 19.4 Å². The first-order chi connectivity index (χ1) is 28.3. The SMILES string of the molecule is C1=C(c2ccncc2)SC2=C(c3ccccc3)N=C(n3c4ccc(-c5ccc6c(c5)c5ccccc5n6-c5ccccc5)cc4c4ccc5ccccc5c43)NC12. The van der Waals surface area contributed by atoms with Gasteiger partial charge in [-0.15, -0.1) is 0 Å². The molecule has 0 radical (unpaired) electrons. The fraction of sp³-hybridized carbons (Fsp3) is 0.0196. The average molecular weight is 748 g/mol. The summed E-state index contributed by atoms with van der Waals surface area (Å²) in [4.78, 5) is 12.2. The van der Waals surface area contributed by atoms with Gasteiger partial charge in [0.25, 0.3) is 0 Å². The molecule has 1 N–H and O–H groups in total. The van der Waals surface area contributed by atoms with E-state index in [1.54, 1.807) is 11.8 Å². The topological polar surface area (TPSA) is 47.1 Å². The van der Waals surface area contributed by atoms with Gasteiger partial charge in [-0.05, 0) is 82.7 Å². The van der Waals surface area contributed by atoms with Crippen LogP contribution in [0.5, 0.6) is 0 Å². The first-order valence-corrected chi connectivity index (χ1v) is 20.1. The molecule has 3 aromatic heterocycles. The summed E-state index contributed by atoms with van der Waals surface area (Å²) in [7, 11) is 0. The molecule has 2 aliphatic rings. The monoisotopic (exact) mass is 747 g/mol. The smallest absolute Gasteiger partial charge is 0.209 e. The highest BCUT2D eigenvalue weighted by Crippen LogP contribution is 2.48. The van der Waals surface area contributed by atoms with Crippen LogP contribution in [0.1, 0.15) is 11.1 Å². The quantitative estimate of drug-likeness (QED) is 0.195. The van der Waals surface area contributed by atoms with Gasteiger partial charge in [0.2, 0.25) is 5.96 Å². The van der Waals surface area contributed by atoms with Gasteiger partial charge in [0, 0.05) is 60.4 Å². The fourth-order valence-electron chi connectivity index (χ4n) is 8.85. The van der Waals surface area contributed by atoms with E-state index in [0.717, 1.165) is 39.5 Å². The van der Waals surface area contributed by atoms with Gasteiger partial charge in [-0.25, -0.2) is 4.99 Å². The number of hydrogen-bond donors (Lipinski definition) is 1. The number of pyridine rings is 1. The second-order valence-corrected chi connectivity index (χ2v) is 15.8. The highest BCUT2D eigenvalue weighted by Gasteiger charge is 2.33. The first kappa shape index (κ1) is 32.1. The Balaban J connectivity index is 1.06. The Morgan fingerprint density at radius 3 is 1.93 bits per heavy atom. The summed E-state index contributed by atoms with van der Waals surface area (Å²) in [6.07, 6.45) is 6.06. The number of aliphatic imine (C=N–C) groups is 1. The van der Waals surface area contributed by atoms with Gasteiger partial charge in [-0.1, -0.05) is 127 Å². The Morgan fingerprint density at radius 2 is 1.14 bits per heavy atom. The molecule has 0 aliphatic carbocycles. The molecular weight excluding hydrogens is 715 g/mol. The molecule has 2 aliphatic heterocycles. The summed E-state index contributed by atoms with van der Waals surface area (Å²) in [6.45, 7) is 0. The van der Waals surface area contributed by atoms with E-state index < -0.39 is 0 Å². The second kappa shape index (κ2) is 12.7. The van der Waals surface area contributed by atoms with E-state index in [4.69, 9.17) is 4.99 Å². The Hall–Kier alpha value is -7.15. The molecule has 1 unspecified atom stereocenters. The Morgan fingerprint density at radius 1 is 0.491 bits per heavy atom. The number of rotatable bonds is 4. The maximum absolute atomic E-state index is 5.52. The third-order valence-electron chi connectivity index (χ3n) is 11.5. The van der Waals surface area contributed by atoms with Crippen molar-refractivity contribution < 1.29 is 0 Å². The summed E-state index contributed by atoms with van der Waals surface area (Å²) in [5.74, 6) is 0.815. The lowest BCUT2D eigenvalue weighted by Gasteiger charge is -2.25. The van der Waals surface area contributed by atoms with Crippen LogP contribution < -0.4 is 5.32 Å². The van der Waals surface area contributed by atoms with Crippen LogP contribution in [0.4, 0.5) is 0 Å². The molecule has 5 heterocycles. The lowest BCUT2D eigenvalue weighted by atomic mass is 10.00. The van der Waals surface area contributed by atoms with E-state index in [0.29, 0.717) is 0 Å². The molecule has 268 valence electrons. The minimum absolute atomic E-state index is 0.0348. The number of para-hydroxylation sites is 2. The molecule has 6 heteroatoms. The number of nitrogens with one attached hydrogen (secondary N) is 1. The van der Waals surface area contributed by atoms with Crippen LogP contribution in [0.2, 0.25) is 0 Å². The van der Waals surface area contributed by atoms with E-state index in [2.05, 4.69) is 195 Å². The van der Waals surface area contributed by atoms with Crippen LogP contribution >= 0.6 is 11.8 Å². The molecule has 0 bridgehead atoms. The molecule has 0 saturated heterocycles. The molecule has 12 rings (SSSR count). The Bertz CT molecular complexity index is 3340. The summed E-state index contributed by atoms with van der Waals surface area (Å²) in [6, 6.07) is 61.1. The van der Waals surface area contributed by atoms with Crippen molar-refractivity contribution in [3.8, 4) is 16.8 Å². The Labute approximate surface area is 332 Å². The van der Waals surface area contributed by atoms with Crippen molar-refractivity contribution in [3.05, 3.63) is 204 Å². The van der Waals surface area contributed by atoms with Crippen LogP contribution in [0.3, 0.4) is 0 Å². The first-order valence-electron chi connectivity index (χ1n) is 19.3. The van der Waals surface area contributed by atoms with E-state index in [-0.39, 0.29) is 6.04 Å². The van der Waals surface area contributed by atoms with Crippen molar-refractivity contribution in [2.45, 2.75) is 6.04 Å².